The molecule has 25 heavy (non-hydrogen) atoms. The van der Waals surface area contributed by atoms with Crippen molar-refractivity contribution in [2.75, 3.05) is 32.6 Å². The van der Waals surface area contributed by atoms with Gasteiger partial charge in [0.2, 0.25) is 0 Å². The fourth-order valence-electron chi connectivity index (χ4n) is 2.50. The standard InChI is InChI=1S/C20H27N3O2/c1-15-10-16(2)12-18(11-15)22-20(24)21-14-17-6-5-7-19(13-17)25-9-8-23(3)4/h5-7,10-13H,8-9,14H2,1-4H3,(H2,21,22,24). The first-order valence-corrected chi connectivity index (χ1v) is 8.42. The van der Waals surface area contributed by atoms with Gasteiger partial charge in [0.05, 0.1) is 0 Å². The zero-order valence-electron chi connectivity index (χ0n) is 15.4. The van der Waals surface area contributed by atoms with Crippen LogP contribution >= 0.6 is 0 Å². The summed E-state index contributed by atoms with van der Waals surface area (Å²) in [7, 11) is 4.02. The summed E-state index contributed by atoms with van der Waals surface area (Å²) in [6.07, 6.45) is 0. The molecule has 0 aliphatic carbocycles. The van der Waals surface area contributed by atoms with Crippen LogP contribution in [0.2, 0.25) is 0 Å². The molecule has 0 aliphatic rings. The summed E-state index contributed by atoms with van der Waals surface area (Å²) >= 11 is 0. The van der Waals surface area contributed by atoms with Crippen LogP contribution in [0.3, 0.4) is 0 Å². The number of amides is 2. The molecule has 2 rings (SSSR count). The van der Waals surface area contributed by atoms with E-state index in [-0.39, 0.29) is 6.03 Å². The van der Waals surface area contributed by atoms with Gasteiger partial charge in [0, 0.05) is 18.8 Å². The minimum atomic E-state index is -0.219. The molecule has 134 valence electrons. The second kappa shape index (κ2) is 9.08. The number of likely N-dealkylation sites (N-methyl/N-ethyl adjacent to an activating group) is 1. The minimum Gasteiger partial charge on any atom is -0.492 e. The van der Waals surface area contributed by atoms with Crippen LogP contribution in [0.25, 0.3) is 0 Å². The van der Waals surface area contributed by atoms with Crippen LogP contribution in [0.5, 0.6) is 5.75 Å². The highest BCUT2D eigenvalue weighted by molar-refractivity contribution is 5.89. The molecule has 2 aromatic carbocycles. The molecule has 0 aromatic heterocycles. The van der Waals surface area contributed by atoms with Gasteiger partial charge in [-0.1, -0.05) is 18.2 Å². The van der Waals surface area contributed by atoms with Crippen molar-refractivity contribution in [3.8, 4) is 5.75 Å². The van der Waals surface area contributed by atoms with Gasteiger partial charge < -0.3 is 20.3 Å². The van der Waals surface area contributed by atoms with Gasteiger partial charge >= 0.3 is 6.03 Å². The van der Waals surface area contributed by atoms with Gasteiger partial charge in [-0.2, -0.15) is 0 Å². The van der Waals surface area contributed by atoms with Gasteiger partial charge in [0.25, 0.3) is 0 Å². The molecule has 0 saturated heterocycles. The zero-order chi connectivity index (χ0) is 18.2. The average molecular weight is 341 g/mol. The lowest BCUT2D eigenvalue weighted by Gasteiger charge is -2.12. The number of ether oxygens (including phenoxy) is 1. The topological polar surface area (TPSA) is 53.6 Å². The van der Waals surface area contributed by atoms with Crippen LogP contribution in [0.1, 0.15) is 16.7 Å². The molecule has 0 saturated carbocycles. The Labute approximate surface area is 150 Å². The van der Waals surface area contributed by atoms with Crippen molar-refractivity contribution in [3.63, 3.8) is 0 Å². The number of aryl methyl sites for hydroxylation is 2. The van der Waals surface area contributed by atoms with Gasteiger partial charge in [0.1, 0.15) is 12.4 Å². The van der Waals surface area contributed by atoms with Crippen LogP contribution in [-0.4, -0.2) is 38.2 Å². The van der Waals surface area contributed by atoms with E-state index in [0.29, 0.717) is 13.2 Å². The smallest absolute Gasteiger partial charge is 0.319 e. The summed E-state index contributed by atoms with van der Waals surface area (Å²) in [6, 6.07) is 13.5. The van der Waals surface area contributed by atoms with Gasteiger partial charge in [-0.25, -0.2) is 4.79 Å². The molecule has 0 unspecified atom stereocenters. The first kappa shape index (κ1) is 18.8. The van der Waals surface area contributed by atoms with Crippen LogP contribution in [-0.2, 0) is 6.54 Å². The summed E-state index contributed by atoms with van der Waals surface area (Å²) < 4.78 is 5.72. The molecule has 0 bridgehead atoms. The Balaban J connectivity index is 1.84. The third kappa shape index (κ3) is 6.85. The monoisotopic (exact) mass is 341 g/mol. The molecule has 0 fully saturated rings. The highest BCUT2D eigenvalue weighted by atomic mass is 16.5. The van der Waals surface area contributed by atoms with Crippen molar-refractivity contribution < 1.29 is 9.53 Å². The van der Waals surface area contributed by atoms with E-state index in [1.807, 2.05) is 64.3 Å². The molecular formula is C20H27N3O2. The van der Waals surface area contributed by atoms with E-state index in [0.717, 1.165) is 34.7 Å². The minimum absolute atomic E-state index is 0.219. The Bertz CT molecular complexity index is 694. The van der Waals surface area contributed by atoms with Gasteiger partial charge in [-0.15, -0.1) is 0 Å². The third-order valence-electron chi connectivity index (χ3n) is 3.64. The van der Waals surface area contributed by atoms with Crippen LogP contribution in [0.4, 0.5) is 10.5 Å². The summed E-state index contributed by atoms with van der Waals surface area (Å²) in [4.78, 5) is 14.2. The molecule has 2 N–H and O–H groups in total. The van der Waals surface area contributed by atoms with E-state index in [2.05, 4.69) is 21.6 Å². The van der Waals surface area contributed by atoms with E-state index in [4.69, 9.17) is 4.74 Å². The lowest BCUT2D eigenvalue weighted by molar-refractivity contribution is 0.251. The van der Waals surface area contributed by atoms with Crippen molar-refractivity contribution >= 4 is 11.7 Å². The number of carbonyl (C=O) groups is 1. The number of rotatable bonds is 7. The maximum atomic E-state index is 12.1. The molecule has 0 radical (unpaired) electrons. The SMILES string of the molecule is Cc1cc(C)cc(NC(=O)NCc2cccc(OCCN(C)C)c2)c1. The largest absolute Gasteiger partial charge is 0.492 e. The van der Waals surface area contributed by atoms with Crippen LogP contribution < -0.4 is 15.4 Å². The van der Waals surface area contributed by atoms with E-state index >= 15 is 0 Å². The number of urea groups is 1. The van der Waals surface area contributed by atoms with Crippen molar-refractivity contribution in [3.05, 3.63) is 59.2 Å². The molecule has 2 amide bonds. The number of hydrogen-bond acceptors (Lipinski definition) is 3. The summed E-state index contributed by atoms with van der Waals surface area (Å²) in [5.74, 6) is 0.816. The first-order valence-electron chi connectivity index (χ1n) is 8.42. The number of carbonyl (C=O) groups excluding carboxylic acids is 1. The summed E-state index contributed by atoms with van der Waals surface area (Å²) in [5.41, 5.74) is 4.05. The van der Waals surface area contributed by atoms with E-state index in [1.165, 1.54) is 0 Å². The van der Waals surface area contributed by atoms with Crippen molar-refractivity contribution in [2.24, 2.45) is 0 Å². The first-order chi connectivity index (χ1) is 11.9. The Morgan fingerprint density at radius 2 is 1.80 bits per heavy atom. The molecule has 5 heteroatoms. The Morgan fingerprint density at radius 3 is 2.48 bits per heavy atom. The number of nitrogens with one attached hydrogen (secondary N) is 2. The fraction of sp³-hybridized carbons (Fsp3) is 0.350. The second-order valence-electron chi connectivity index (χ2n) is 6.48. The fourth-order valence-corrected chi connectivity index (χ4v) is 2.50. The number of hydrogen-bond donors (Lipinski definition) is 2. The lowest BCUT2D eigenvalue weighted by atomic mass is 10.1. The van der Waals surface area contributed by atoms with Gasteiger partial charge in [0.15, 0.2) is 0 Å². The Morgan fingerprint density at radius 1 is 1.08 bits per heavy atom. The van der Waals surface area contributed by atoms with E-state index < -0.39 is 0 Å². The number of anilines is 1. The third-order valence-corrected chi connectivity index (χ3v) is 3.64. The van der Waals surface area contributed by atoms with E-state index in [9.17, 15) is 4.79 Å². The van der Waals surface area contributed by atoms with Crippen molar-refractivity contribution in [1.29, 1.82) is 0 Å². The van der Waals surface area contributed by atoms with Gasteiger partial charge in [-0.3, -0.25) is 0 Å². The molecule has 0 spiro atoms. The molecule has 0 heterocycles. The second-order valence-corrected chi connectivity index (χ2v) is 6.48. The van der Waals surface area contributed by atoms with Crippen LogP contribution in [0, 0.1) is 13.8 Å². The normalized spacial score (nSPS) is 10.6. The maximum absolute atomic E-state index is 12.1. The predicted octanol–water partition coefficient (Wildman–Crippen LogP) is 3.57. The molecule has 0 atom stereocenters. The maximum Gasteiger partial charge on any atom is 0.319 e. The molecule has 0 aliphatic heterocycles. The average Bonchev–Trinajstić information content (AvgIpc) is 2.52. The molecule has 5 nitrogen and oxygen atoms in total. The summed E-state index contributed by atoms with van der Waals surface area (Å²) in [6.45, 7) is 5.97. The molecule has 2 aromatic rings. The quantitative estimate of drug-likeness (QED) is 0.809. The predicted molar refractivity (Wildman–Crippen MR) is 102 cm³/mol. The highest BCUT2D eigenvalue weighted by Crippen LogP contribution is 2.15. The number of nitrogens with zero attached hydrogens (tertiary/aromatic N) is 1. The van der Waals surface area contributed by atoms with Gasteiger partial charge in [-0.05, 0) is 68.9 Å². The number of benzene rings is 2. The Kier molecular flexibility index (Phi) is 6.83. The highest BCUT2D eigenvalue weighted by Gasteiger charge is 2.04. The Hall–Kier alpha value is -2.53. The summed E-state index contributed by atoms with van der Waals surface area (Å²) in [5, 5.41) is 5.74. The van der Waals surface area contributed by atoms with Crippen molar-refractivity contribution in [2.45, 2.75) is 20.4 Å². The van der Waals surface area contributed by atoms with Crippen LogP contribution in [0.15, 0.2) is 42.5 Å². The van der Waals surface area contributed by atoms with Crippen molar-refractivity contribution in [1.82, 2.24) is 10.2 Å². The zero-order valence-corrected chi connectivity index (χ0v) is 15.4. The lowest BCUT2D eigenvalue weighted by Crippen LogP contribution is -2.28. The molecular weight excluding hydrogens is 314 g/mol. The van der Waals surface area contributed by atoms with E-state index in [1.54, 1.807) is 0 Å².